The molecule has 0 saturated carbocycles. The molecule has 0 amide bonds. The first kappa shape index (κ1) is 29.5. The fourth-order valence-corrected chi connectivity index (χ4v) is 6.27. The molecular weight excluding hydrogens is 441 g/mol. The molecule has 1 N–H and O–H groups in total. The van der Waals surface area contributed by atoms with Crippen molar-refractivity contribution in [2.45, 2.75) is 141 Å². The normalized spacial score (nSPS) is 27.1. The molecule has 0 radical (unpaired) electrons. The molecular formula is C23H52O5Si3. The second kappa shape index (κ2) is 9.24. The summed E-state index contributed by atoms with van der Waals surface area (Å²) in [7, 11) is -6.20. The average molecular weight is 493 g/mol. The molecule has 0 aromatic rings. The van der Waals surface area contributed by atoms with Gasteiger partial charge < -0.3 is 23.1 Å². The molecule has 1 heterocycles. The molecule has 1 aliphatic rings. The number of hydrogen-bond acceptors (Lipinski definition) is 5. The molecule has 0 aromatic heterocycles. The SMILES string of the molecule is CC(C)(C)[Si](C)(C)OC[C@H]1OC(O)[C@H](O[Si](C)(C)C(C)(C)C)[C@@H]1O[Si](C)(C)C(C)(C)C. The third-order valence-corrected chi connectivity index (χ3v) is 21.6. The lowest BCUT2D eigenvalue weighted by molar-refractivity contribution is -0.129. The molecule has 8 heteroatoms. The minimum Gasteiger partial charge on any atom is -0.414 e. The lowest BCUT2D eigenvalue weighted by Crippen LogP contribution is -2.55. The Balaban J connectivity index is 3.22. The van der Waals surface area contributed by atoms with E-state index in [1.165, 1.54) is 0 Å². The molecule has 0 aliphatic carbocycles. The molecule has 0 spiro atoms. The van der Waals surface area contributed by atoms with Crippen molar-refractivity contribution in [2.75, 3.05) is 6.61 Å². The summed E-state index contributed by atoms with van der Waals surface area (Å²) >= 11 is 0. The lowest BCUT2D eigenvalue weighted by atomic mass is 10.1. The van der Waals surface area contributed by atoms with Crippen LogP contribution >= 0.6 is 0 Å². The van der Waals surface area contributed by atoms with Crippen molar-refractivity contribution in [1.29, 1.82) is 0 Å². The summed E-state index contributed by atoms with van der Waals surface area (Å²) in [5.41, 5.74) is 0. The van der Waals surface area contributed by atoms with Crippen molar-refractivity contribution in [3.63, 3.8) is 0 Å². The van der Waals surface area contributed by atoms with E-state index in [-0.39, 0.29) is 27.3 Å². The first-order chi connectivity index (χ1) is 13.4. The minimum atomic E-state index is -2.13. The van der Waals surface area contributed by atoms with E-state index < -0.39 is 37.3 Å². The number of ether oxygens (including phenoxy) is 1. The van der Waals surface area contributed by atoms with E-state index >= 15 is 0 Å². The van der Waals surface area contributed by atoms with Crippen molar-refractivity contribution in [3.05, 3.63) is 0 Å². The maximum absolute atomic E-state index is 10.9. The van der Waals surface area contributed by atoms with Crippen molar-refractivity contribution in [2.24, 2.45) is 0 Å². The zero-order chi connectivity index (χ0) is 24.8. The van der Waals surface area contributed by atoms with E-state index in [4.69, 9.17) is 18.0 Å². The van der Waals surface area contributed by atoms with Gasteiger partial charge in [0.25, 0.3) is 0 Å². The first-order valence-electron chi connectivity index (χ1n) is 11.8. The molecule has 0 bridgehead atoms. The molecule has 31 heavy (non-hydrogen) atoms. The third-order valence-electron chi connectivity index (χ3n) is 8.17. The Morgan fingerprint density at radius 2 is 1.00 bits per heavy atom. The summed E-state index contributed by atoms with van der Waals surface area (Å²) in [5, 5.41) is 11.1. The lowest BCUT2D eigenvalue weighted by Gasteiger charge is -2.44. The van der Waals surface area contributed by atoms with E-state index in [9.17, 15) is 5.11 Å². The van der Waals surface area contributed by atoms with Crippen LogP contribution in [0.25, 0.3) is 0 Å². The number of aliphatic hydroxyl groups excluding tert-OH is 1. The smallest absolute Gasteiger partial charge is 0.192 e. The van der Waals surface area contributed by atoms with Gasteiger partial charge in [0.1, 0.15) is 18.3 Å². The van der Waals surface area contributed by atoms with Gasteiger partial charge in [-0.05, 0) is 54.4 Å². The van der Waals surface area contributed by atoms with Gasteiger partial charge in [-0.15, -0.1) is 0 Å². The highest BCUT2D eigenvalue weighted by Crippen LogP contribution is 2.44. The van der Waals surface area contributed by atoms with Crippen molar-refractivity contribution in [1.82, 2.24) is 0 Å². The summed E-state index contributed by atoms with van der Waals surface area (Å²) in [5.74, 6) is 0. The second-order valence-electron chi connectivity index (χ2n) is 13.8. The molecule has 1 fully saturated rings. The molecule has 1 unspecified atom stereocenters. The molecule has 1 rings (SSSR count). The van der Waals surface area contributed by atoms with Crippen LogP contribution in [0.2, 0.25) is 54.4 Å². The molecule has 4 atom stereocenters. The Kier molecular flexibility index (Phi) is 8.79. The van der Waals surface area contributed by atoms with Crippen LogP contribution in [0.4, 0.5) is 0 Å². The van der Waals surface area contributed by atoms with Crippen molar-refractivity contribution in [3.8, 4) is 0 Å². The highest BCUT2D eigenvalue weighted by atomic mass is 28.4. The summed E-state index contributed by atoms with van der Waals surface area (Å²) in [4.78, 5) is 0. The van der Waals surface area contributed by atoms with Crippen LogP contribution in [0.5, 0.6) is 0 Å². The fourth-order valence-electron chi connectivity index (χ4n) is 2.65. The summed E-state index contributed by atoms with van der Waals surface area (Å²) in [6.45, 7) is 33.8. The van der Waals surface area contributed by atoms with Crippen LogP contribution < -0.4 is 0 Å². The van der Waals surface area contributed by atoms with Crippen LogP contribution in [0.3, 0.4) is 0 Å². The standard InChI is InChI=1S/C23H52O5Si3/c1-21(2,3)29(10,11)25-16-17-18(27-30(12,13)22(4,5)6)19(20(24)26-17)28-31(14,15)23(7,8)9/h17-20,24H,16H2,1-15H3/t17-,18-,19-,20?/m1/s1. The quantitative estimate of drug-likeness (QED) is 0.411. The Hall–Kier alpha value is 0.451. The highest BCUT2D eigenvalue weighted by molar-refractivity contribution is 6.75. The topological polar surface area (TPSA) is 57.2 Å². The molecule has 0 aromatic carbocycles. The van der Waals surface area contributed by atoms with Gasteiger partial charge in [-0.1, -0.05) is 62.3 Å². The average Bonchev–Trinajstić information content (AvgIpc) is 2.77. The van der Waals surface area contributed by atoms with E-state index in [1.54, 1.807) is 0 Å². The van der Waals surface area contributed by atoms with Gasteiger partial charge in [0, 0.05) is 0 Å². The summed E-state index contributed by atoms with van der Waals surface area (Å²) in [6.07, 6.45) is -2.18. The molecule has 1 saturated heterocycles. The van der Waals surface area contributed by atoms with Gasteiger partial charge >= 0.3 is 0 Å². The maximum Gasteiger partial charge on any atom is 0.192 e. The first-order valence-corrected chi connectivity index (χ1v) is 20.5. The predicted octanol–water partition coefficient (Wildman–Crippen LogP) is 6.51. The van der Waals surface area contributed by atoms with Crippen LogP contribution in [0, 0.1) is 0 Å². The summed E-state index contributed by atoms with van der Waals surface area (Å²) < 4.78 is 26.1. The van der Waals surface area contributed by atoms with E-state index in [0.717, 1.165) is 0 Å². The van der Waals surface area contributed by atoms with Crippen LogP contribution in [-0.4, -0.2) is 61.3 Å². The van der Waals surface area contributed by atoms with Crippen molar-refractivity contribution >= 4 is 25.0 Å². The molecule has 186 valence electrons. The maximum atomic E-state index is 10.9. The van der Waals surface area contributed by atoms with E-state index in [2.05, 4.69) is 102 Å². The third kappa shape index (κ3) is 6.97. The molecule has 5 nitrogen and oxygen atoms in total. The van der Waals surface area contributed by atoms with Gasteiger partial charge in [-0.3, -0.25) is 0 Å². The van der Waals surface area contributed by atoms with Gasteiger partial charge in [-0.2, -0.15) is 0 Å². The Morgan fingerprint density at radius 3 is 1.35 bits per heavy atom. The van der Waals surface area contributed by atoms with Crippen molar-refractivity contribution < 1.29 is 23.1 Å². The zero-order valence-corrected chi connectivity index (χ0v) is 26.1. The number of aliphatic hydroxyl groups is 1. The van der Waals surface area contributed by atoms with Crippen LogP contribution in [0.1, 0.15) is 62.3 Å². The number of rotatable bonds is 7. The number of hydrogen-bond donors (Lipinski definition) is 1. The largest absolute Gasteiger partial charge is 0.414 e. The Bertz CT molecular complexity index is 600. The monoisotopic (exact) mass is 492 g/mol. The van der Waals surface area contributed by atoms with E-state index in [0.29, 0.717) is 6.61 Å². The molecule has 1 aliphatic heterocycles. The predicted molar refractivity (Wildman–Crippen MR) is 138 cm³/mol. The minimum absolute atomic E-state index is 0.0317. The van der Waals surface area contributed by atoms with Gasteiger partial charge in [0.2, 0.25) is 0 Å². The van der Waals surface area contributed by atoms with Gasteiger partial charge in [0.05, 0.1) is 6.61 Å². The zero-order valence-electron chi connectivity index (χ0n) is 23.1. The Morgan fingerprint density at radius 1 is 0.645 bits per heavy atom. The second-order valence-corrected chi connectivity index (χ2v) is 28.1. The Labute approximate surface area is 196 Å². The van der Waals surface area contributed by atoms with Crippen LogP contribution in [-0.2, 0) is 18.0 Å². The van der Waals surface area contributed by atoms with Gasteiger partial charge in [-0.25, -0.2) is 0 Å². The van der Waals surface area contributed by atoms with Gasteiger partial charge in [0.15, 0.2) is 31.2 Å². The van der Waals surface area contributed by atoms with E-state index in [1.807, 2.05) is 0 Å². The summed E-state index contributed by atoms with van der Waals surface area (Å²) in [6, 6.07) is 0. The fraction of sp³-hybridized carbons (Fsp3) is 1.00. The highest BCUT2D eigenvalue weighted by Gasteiger charge is 2.54. The van der Waals surface area contributed by atoms with Crippen LogP contribution in [0.15, 0.2) is 0 Å².